The van der Waals surface area contributed by atoms with E-state index >= 15 is 0 Å². The van der Waals surface area contributed by atoms with Gasteiger partial charge in [0.25, 0.3) is 5.91 Å². The highest BCUT2D eigenvalue weighted by Gasteiger charge is 2.17. The van der Waals surface area contributed by atoms with Gasteiger partial charge in [0.15, 0.2) is 5.58 Å². The Bertz CT molecular complexity index is 740. The molecule has 0 saturated heterocycles. The highest BCUT2D eigenvalue weighted by atomic mass is 16.3. The van der Waals surface area contributed by atoms with E-state index < -0.39 is 0 Å². The number of carbonyl (C=O) groups is 1. The predicted molar refractivity (Wildman–Crippen MR) is 77.5 cm³/mol. The van der Waals surface area contributed by atoms with Crippen molar-refractivity contribution in [3.05, 3.63) is 60.0 Å². The number of nitrogens with zero attached hydrogens (tertiary/aromatic N) is 1. The number of rotatable bonds is 3. The van der Waals surface area contributed by atoms with Gasteiger partial charge in [0.1, 0.15) is 5.69 Å². The Morgan fingerprint density at radius 3 is 2.70 bits per heavy atom. The lowest BCUT2D eigenvalue weighted by Gasteiger charge is -2.14. The van der Waals surface area contributed by atoms with Crippen LogP contribution in [0.4, 0.5) is 0 Å². The number of aromatic nitrogens is 1. The van der Waals surface area contributed by atoms with Crippen LogP contribution in [0.1, 0.15) is 29.0 Å². The van der Waals surface area contributed by atoms with Crippen LogP contribution in [-0.4, -0.2) is 10.5 Å². The molecular weight excluding hydrogens is 252 g/mol. The van der Waals surface area contributed by atoms with Crippen LogP contribution in [-0.2, 0) is 7.05 Å². The van der Waals surface area contributed by atoms with Gasteiger partial charge in [0, 0.05) is 19.2 Å². The molecule has 0 saturated carbocycles. The molecule has 1 aromatic carbocycles. The van der Waals surface area contributed by atoms with Crippen molar-refractivity contribution in [2.75, 3.05) is 0 Å². The highest BCUT2D eigenvalue weighted by Crippen LogP contribution is 2.20. The third-order valence-corrected chi connectivity index (χ3v) is 3.54. The van der Waals surface area contributed by atoms with Crippen LogP contribution in [0, 0.1) is 0 Å². The first-order chi connectivity index (χ1) is 9.66. The summed E-state index contributed by atoms with van der Waals surface area (Å²) in [5.41, 5.74) is 3.33. The second-order valence-corrected chi connectivity index (χ2v) is 4.86. The fourth-order valence-corrected chi connectivity index (χ4v) is 2.36. The van der Waals surface area contributed by atoms with Crippen molar-refractivity contribution in [1.82, 2.24) is 9.88 Å². The summed E-state index contributed by atoms with van der Waals surface area (Å²) < 4.78 is 7.16. The molecule has 3 rings (SSSR count). The first-order valence-electron chi connectivity index (χ1n) is 6.55. The van der Waals surface area contributed by atoms with Crippen LogP contribution in [0.3, 0.4) is 0 Å². The number of fused-ring (bicyclic) bond motifs is 1. The Hall–Kier alpha value is -2.49. The maximum absolute atomic E-state index is 12.3. The monoisotopic (exact) mass is 268 g/mol. The standard InChI is InChI=1S/C16H16N2O2/c1-11(12-6-4-3-5-7-12)17-16(19)14-10-15-13(18(14)2)8-9-20-15/h3-11H,1-2H3,(H,17,19). The number of furan rings is 1. The minimum absolute atomic E-state index is 0.0371. The molecule has 4 nitrogen and oxygen atoms in total. The quantitative estimate of drug-likeness (QED) is 0.792. The number of benzene rings is 1. The van der Waals surface area contributed by atoms with Crippen LogP contribution >= 0.6 is 0 Å². The van der Waals surface area contributed by atoms with Gasteiger partial charge >= 0.3 is 0 Å². The summed E-state index contributed by atoms with van der Waals surface area (Å²) in [6.07, 6.45) is 1.62. The smallest absolute Gasteiger partial charge is 0.268 e. The Labute approximate surface area is 117 Å². The van der Waals surface area contributed by atoms with Crippen molar-refractivity contribution >= 4 is 17.0 Å². The molecule has 2 heterocycles. The Kier molecular flexibility index (Phi) is 3.06. The molecule has 0 radical (unpaired) electrons. The maximum Gasteiger partial charge on any atom is 0.268 e. The SMILES string of the molecule is CC(NC(=O)c1cc2occc2n1C)c1ccccc1. The molecule has 1 amide bonds. The van der Waals surface area contributed by atoms with Crippen LogP contribution in [0.25, 0.3) is 11.1 Å². The number of hydrogen-bond acceptors (Lipinski definition) is 2. The average molecular weight is 268 g/mol. The Morgan fingerprint density at radius 2 is 2.00 bits per heavy atom. The number of amides is 1. The Balaban J connectivity index is 1.82. The molecule has 2 aromatic heterocycles. The van der Waals surface area contributed by atoms with Crippen molar-refractivity contribution in [1.29, 1.82) is 0 Å². The first kappa shape index (κ1) is 12.5. The zero-order valence-corrected chi connectivity index (χ0v) is 11.5. The zero-order chi connectivity index (χ0) is 14.1. The molecule has 0 aliphatic carbocycles. The lowest BCUT2D eigenvalue weighted by Crippen LogP contribution is -2.28. The summed E-state index contributed by atoms with van der Waals surface area (Å²) in [6.45, 7) is 1.97. The van der Waals surface area contributed by atoms with Gasteiger partial charge in [-0.3, -0.25) is 4.79 Å². The summed E-state index contributed by atoms with van der Waals surface area (Å²) in [6, 6.07) is 13.5. The lowest BCUT2D eigenvalue weighted by atomic mass is 10.1. The number of nitrogens with one attached hydrogen (secondary N) is 1. The molecule has 0 bridgehead atoms. The van der Waals surface area contributed by atoms with Crippen LogP contribution in [0.5, 0.6) is 0 Å². The minimum Gasteiger partial charge on any atom is -0.463 e. The van der Waals surface area contributed by atoms with Gasteiger partial charge in [-0.05, 0) is 12.5 Å². The molecule has 0 aliphatic rings. The van der Waals surface area contributed by atoms with Crippen molar-refractivity contribution < 1.29 is 9.21 Å². The summed E-state index contributed by atoms with van der Waals surface area (Å²) in [5.74, 6) is -0.102. The van der Waals surface area contributed by atoms with Gasteiger partial charge in [-0.25, -0.2) is 0 Å². The lowest BCUT2D eigenvalue weighted by molar-refractivity contribution is 0.0932. The summed E-state index contributed by atoms with van der Waals surface area (Å²) in [7, 11) is 1.86. The van der Waals surface area contributed by atoms with E-state index in [2.05, 4.69) is 5.32 Å². The van der Waals surface area contributed by atoms with Gasteiger partial charge in [0.05, 0.1) is 17.8 Å². The third kappa shape index (κ3) is 2.09. The van der Waals surface area contributed by atoms with E-state index in [0.717, 1.165) is 16.7 Å². The van der Waals surface area contributed by atoms with Crippen LogP contribution in [0.2, 0.25) is 0 Å². The molecule has 20 heavy (non-hydrogen) atoms. The van der Waals surface area contributed by atoms with Gasteiger partial charge in [-0.2, -0.15) is 0 Å². The fraction of sp³-hybridized carbons (Fsp3) is 0.188. The second-order valence-electron chi connectivity index (χ2n) is 4.86. The normalized spacial score (nSPS) is 12.5. The van der Waals surface area contributed by atoms with Crippen molar-refractivity contribution in [2.24, 2.45) is 7.05 Å². The Morgan fingerprint density at radius 1 is 1.25 bits per heavy atom. The highest BCUT2D eigenvalue weighted by molar-refractivity contribution is 5.97. The molecule has 0 aliphatic heterocycles. The first-order valence-corrected chi connectivity index (χ1v) is 6.55. The maximum atomic E-state index is 12.3. The zero-order valence-electron chi connectivity index (χ0n) is 11.5. The second kappa shape index (κ2) is 4.89. The molecule has 1 atom stereocenters. The van der Waals surface area contributed by atoms with Gasteiger partial charge in [-0.1, -0.05) is 30.3 Å². The number of carbonyl (C=O) groups excluding carboxylic acids is 1. The molecule has 3 aromatic rings. The van der Waals surface area contributed by atoms with Crippen LogP contribution < -0.4 is 5.32 Å². The van der Waals surface area contributed by atoms with E-state index in [-0.39, 0.29) is 11.9 Å². The molecule has 0 fully saturated rings. The average Bonchev–Trinajstić information content (AvgIpc) is 3.03. The van der Waals surface area contributed by atoms with E-state index in [1.165, 1.54) is 0 Å². The van der Waals surface area contributed by atoms with Crippen LogP contribution in [0.15, 0.2) is 53.1 Å². The predicted octanol–water partition coefficient (Wildman–Crippen LogP) is 3.26. The molecule has 4 heteroatoms. The summed E-state index contributed by atoms with van der Waals surface area (Å²) in [5, 5.41) is 3.00. The minimum atomic E-state index is -0.102. The van der Waals surface area contributed by atoms with E-state index in [1.54, 1.807) is 12.3 Å². The van der Waals surface area contributed by atoms with E-state index in [9.17, 15) is 4.79 Å². The number of hydrogen-bond donors (Lipinski definition) is 1. The van der Waals surface area contributed by atoms with Crippen molar-refractivity contribution in [3.63, 3.8) is 0 Å². The fourth-order valence-electron chi connectivity index (χ4n) is 2.36. The van der Waals surface area contributed by atoms with Crippen molar-refractivity contribution in [3.8, 4) is 0 Å². The molecular formula is C16H16N2O2. The topological polar surface area (TPSA) is 47.2 Å². The van der Waals surface area contributed by atoms with Gasteiger partial charge < -0.3 is 14.3 Å². The van der Waals surface area contributed by atoms with Gasteiger partial charge in [0.2, 0.25) is 0 Å². The van der Waals surface area contributed by atoms with E-state index in [0.29, 0.717) is 5.69 Å². The summed E-state index contributed by atoms with van der Waals surface area (Å²) in [4.78, 5) is 12.3. The molecule has 1 N–H and O–H groups in total. The molecule has 102 valence electrons. The largest absolute Gasteiger partial charge is 0.463 e. The van der Waals surface area contributed by atoms with Gasteiger partial charge in [-0.15, -0.1) is 0 Å². The van der Waals surface area contributed by atoms with E-state index in [4.69, 9.17) is 4.42 Å². The van der Waals surface area contributed by atoms with Crippen molar-refractivity contribution in [2.45, 2.75) is 13.0 Å². The molecule has 1 unspecified atom stereocenters. The summed E-state index contributed by atoms with van der Waals surface area (Å²) >= 11 is 0. The molecule has 0 spiro atoms. The van der Waals surface area contributed by atoms with E-state index in [1.807, 2.05) is 54.9 Å². The third-order valence-electron chi connectivity index (χ3n) is 3.54. The number of aryl methyl sites for hydroxylation is 1.